The lowest BCUT2D eigenvalue weighted by Crippen LogP contribution is -2.60. The Kier molecular flexibility index (Phi) is 6.12. The Morgan fingerprint density at radius 3 is 2.08 bits per heavy atom. The molecule has 2 fully saturated rings. The Labute approximate surface area is 211 Å². The minimum Gasteiger partial charge on any atom is -0.387 e. The van der Waals surface area contributed by atoms with Crippen molar-refractivity contribution < 1.29 is 34.0 Å². The number of aliphatic hydroxyl groups excluding tert-OH is 2. The highest BCUT2D eigenvalue weighted by molar-refractivity contribution is 7.99. The largest absolute Gasteiger partial charge is 0.387 e. The van der Waals surface area contributed by atoms with Crippen molar-refractivity contribution in [1.82, 2.24) is 0 Å². The average Bonchev–Trinajstić information content (AvgIpc) is 3.17. The smallest absolute Gasteiger partial charge is 0.266 e. The Morgan fingerprint density at radius 1 is 0.778 bits per heavy atom. The summed E-state index contributed by atoms with van der Waals surface area (Å²) in [6.45, 7) is 0.172. The Balaban J connectivity index is 1.14. The van der Waals surface area contributed by atoms with Crippen molar-refractivity contribution in [3.8, 4) is 0 Å². The van der Waals surface area contributed by atoms with Crippen molar-refractivity contribution in [3.05, 3.63) is 95.6 Å². The summed E-state index contributed by atoms with van der Waals surface area (Å²) in [6.07, 6.45) is -4.42. The van der Waals surface area contributed by atoms with E-state index in [-0.39, 0.29) is 18.4 Å². The van der Waals surface area contributed by atoms with E-state index >= 15 is 0 Å². The standard InChI is InChI=1S/C27H23NO7S/c29-21-22(30)27(36-17-6-2-1-3-7-17)34-20-14-33-26(35-23(20)21)15-10-12-16(13-11-15)28-24(31)18-8-4-5-9-19(18)25(28)32/h1-13,20-23,26-27,29-30H,14H2/t20-,21-,22-,23-,26-,27+/m1/s1. The molecular weight excluding hydrogens is 482 g/mol. The number of aliphatic hydroxyl groups is 2. The molecule has 3 aromatic rings. The van der Waals surface area contributed by atoms with Gasteiger partial charge in [0.1, 0.15) is 29.9 Å². The number of thioether (sulfide) groups is 1. The minimum absolute atomic E-state index is 0.172. The van der Waals surface area contributed by atoms with Crippen LogP contribution in [-0.4, -0.2) is 58.5 Å². The van der Waals surface area contributed by atoms with Gasteiger partial charge in [-0.25, -0.2) is 4.90 Å². The second kappa shape index (κ2) is 9.44. The predicted octanol–water partition coefficient (Wildman–Crippen LogP) is 3.14. The summed E-state index contributed by atoms with van der Waals surface area (Å²) in [5.74, 6) is -0.730. The number of benzene rings is 3. The lowest BCUT2D eigenvalue weighted by molar-refractivity contribution is -0.318. The number of fused-ring (bicyclic) bond motifs is 2. The molecule has 3 aliphatic heterocycles. The molecule has 3 aromatic carbocycles. The molecule has 0 aliphatic carbocycles. The molecule has 0 radical (unpaired) electrons. The van der Waals surface area contributed by atoms with E-state index in [1.165, 1.54) is 11.8 Å². The van der Waals surface area contributed by atoms with E-state index in [1.54, 1.807) is 48.5 Å². The van der Waals surface area contributed by atoms with E-state index in [9.17, 15) is 19.8 Å². The van der Waals surface area contributed by atoms with Gasteiger partial charge >= 0.3 is 0 Å². The third-order valence-electron chi connectivity index (χ3n) is 6.55. The number of hydrogen-bond donors (Lipinski definition) is 2. The highest BCUT2D eigenvalue weighted by Crippen LogP contribution is 2.39. The van der Waals surface area contributed by atoms with Gasteiger partial charge in [-0.05, 0) is 36.4 Å². The van der Waals surface area contributed by atoms with Crippen LogP contribution < -0.4 is 4.90 Å². The fourth-order valence-corrected chi connectivity index (χ4v) is 5.76. The molecule has 3 heterocycles. The molecule has 2 saturated heterocycles. The third-order valence-corrected chi connectivity index (χ3v) is 7.71. The van der Waals surface area contributed by atoms with Crippen molar-refractivity contribution in [2.24, 2.45) is 0 Å². The summed E-state index contributed by atoms with van der Waals surface area (Å²) in [5, 5.41) is 21.5. The first-order chi connectivity index (χ1) is 17.5. The maximum absolute atomic E-state index is 12.7. The summed E-state index contributed by atoms with van der Waals surface area (Å²) in [6, 6.07) is 23.0. The number of rotatable bonds is 4. The molecule has 0 bridgehead atoms. The number of anilines is 1. The molecule has 3 aliphatic rings. The number of nitrogens with zero attached hydrogens (tertiary/aromatic N) is 1. The number of ether oxygens (including phenoxy) is 3. The van der Waals surface area contributed by atoms with Crippen molar-refractivity contribution in [1.29, 1.82) is 0 Å². The van der Waals surface area contributed by atoms with Gasteiger partial charge in [0.15, 0.2) is 6.29 Å². The van der Waals surface area contributed by atoms with Gasteiger partial charge in [0, 0.05) is 10.5 Å². The van der Waals surface area contributed by atoms with E-state index in [1.807, 2.05) is 30.3 Å². The van der Waals surface area contributed by atoms with Crippen LogP contribution in [0.1, 0.15) is 32.6 Å². The SMILES string of the molecule is O=C1c2ccccc2C(=O)N1c1ccc([C@@H]2OC[C@H]3O[C@@H](Sc4ccccc4)[C@H](O)[C@@H](O)[C@@H]3O2)cc1. The van der Waals surface area contributed by atoms with Gasteiger partial charge in [-0.3, -0.25) is 9.59 Å². The normalized spacial score (nSPS) is 29.7. The Morgan fingerprint density at radius 2 is 1.42 bits per heavy atom. The van der Waals surface area contributed by atoms with E-state index in [2.05, 4.69) is 0 Å². The fraction of sp³-hybridized carbons (Fsp3) is 0.259. The second-order valence-corrected chi connectivity index (χ2v) is 9.98. The molecule has 8 nitrogen and oxygen atoms in total. The molecule has 0 unspecified atom stereocenters. The highest BCUT2D eigenvalue weighted by Gasteiger charge is 2.49. The molecular formula is C27H23NO7S. The van der Waals surface area contributed by atoms with Crippen LogP contribution in [0.2, 0.25) is 0 Å². The maximum atomic E-state index is 12.7. The quantitative estimate of drug-likeness (QED) is 0.521. The molecule has 2 N–H and O–H groups in total. The molecule has 2 amide bonds. The van der Waals surface area contributed by atoms with Crippen molar-refractivity contribution in [3.63, 3.8) is 0 Å². The summed E-state index contributed by atoms with van der Waals surface area (Å²) >= 11 is 1.34. The zero-order valence-corrected chi connectivity index (χ0v) is 19.8. The van der Waals surface area contributed by atoms with Gasteiger partial charge in [0.05, 0.1) is 23.4 Å². The summed E-state index contributed by atoms with van der Waals surface area (Å²) in [5.41, 5.74) is 1.19. The molecule has 0 spiro atoms. The first kappa shape index (κ1) is 23.4. The summed E-state index contributed by atoms with van der Waals surface area (Å²) < 4.78 is 17.9. The van der Waals surface area contributed by atoms with Gasteiger partial charge in [-0.1, -0.05) is 54.2 Å². The lowest BCUT2D eigenvalue weighted by Gasteiger charge is -2.46. The third kappa shape index (κ3) is 4.03. The monoisotopic (exact) mass is 505 g/mol. The predicted molar refractivity (Wildman–Crippen MR) is 131 cm³/mol. The van der Waals surface area contributed by atoms with E-state index in [4.69, 9.17) is 14.2 Å². The maximum Gasteiger partial charge on any atom is 0.266 e. The number of imide groups is 1. The molecule has 0 saturated carbocycles. The first-order valence-corrected chi connectivity index (χ1v) is 12.5. The number of carbonyl (C=O) groups is 2. The van der Waals surface area contributed by atoms with Crippen LogP contribution in [0.4, 0.5) is 5.69 Å². The topological polar surface area (TPSA) is 106 Å². The van der Waals surface area contributed by atoms with E-state index in [0.717, 1.165) is 9.80 Å². The van der Waals surface area contributed by atoms with Crippen molar-refractivity contribution >= 4 is 29.3 Å². The van der Waals surface area contributed by atoms with E-state index < -0.39 is 36.1 Å². The van der Waals surface area contributed by atoms with Crippen molar-refractivity contribution in [2.75, 3.05) is 11.5 Å². The van der Waals surface area contributed by atoms with Gasteiger partial charge < -0.3 is 24.4 Å². The summed E-state index contributed by atoms with van der Waals surface area (Å²) in [7, 11) is 0. The molecule has 9 heteroatoms. The van der Waals surface area contributed by atoms with Crippen molar-refractivity contribution in [2.45, 2.75) is 41.0 Å². The van der Waals surface area contributed by atoms with E-state index in [0.29, 0.717) is 22.4 Å². The van der Waals surface area contributed by atoms with Crippen LogP contribution >= 0.6 is 11.8 Å². The first-order valence-electron chi connectivity index (χ1n) is 11.6. The zero-order chi connectivity index (χ0) is 24.8. The molecule has 184 valence electrons. The molecule has 6 atom stereocenters. The lowest BCUT2D eigenvalue weighted by atomic mass is 9.99. The Bertz CT molecular complexity index is 1250. The number of amides is 2. The van der Waals surface area contributed by atoms with Gasteiger partial charge in [-0.15, -0.1) is 0 Å². The van der Waals surface area contributed by atoms with Gasteiger partial charge in [0.25, 0.3) is 11.8 Å². The molecule has 6 rings (SSSR count). The minimum atomic E-state index is -1.16. The summed E-state index contributed by atoms with van der Waals surface area (Å²) in [4.78, 5) is 27.6. The van der Waals surface area contributed by atoms with Gasteiger partial charge in [0.2, 0.25) is 0 Å². The van der Waals surface area contributed by atoms with Crippen LogP contribution in [0.25, 0.3) is 0 Å². The van der Waals surface area contributed by atoms with Crippen LogP contribution in [0.3, 0.4) is 0 Å². The number of hydrogen-bond acceptors (Lipinski definition) is 8. The van der Waals surface area contributed by atoms with Gasteiger partial charge in [-0.2, -0.15) is 0 Å². The highest BCUT2D eigenvalue weighted by atomic mass is 32.2. The van der Waals surface area contributed by atoms with Crippen LogP contribution in [-0.2, 0) is 14.2 Å². The van der Waals surface area contributed by atoms with Crippen LogP contribution in [0.15, 0.2) is 83.8 Å². The fourth-order valence-electron chi connectivity index (χ4n) is 4.68. The molecule has 0 aromatic heterocycles. The number of carbonyl (C=O) groups excluding carboxylic acids is 2. The molecule has 36 heavy (non-hydrogen) atoms. The van der Waals surface area contributed by atoms with Crippen LogP contribution in [0.5, 0.6) is 0 Å². The Hall–Kier alpha value is -3.05. The average molecular weight is 506 g/mol. The zero-order valence-electron chi connectivity index (χ0n) is 19.0. The van der Waals surface area contributed by atoms with Crippen LogP contribution in [0, 0.1) is 0 Å². The second-order valence-electron chi connectivity index (χ2n) is 8.80.